The van der Waals surface area contributed by atoms with Crippen LogP contribution in [0.4, 0.5) is 0 Å². The van der Waals surface area contributed by atoms with E-state index in [0.717, 1.165) is 16.9 Å². The second-order valence-corrected chi connectivity index (χ2v) is 4.31. The maximum atomic E-state index is 9.14. The molecule has 0 aliphatic rings. The number of rotatable bonds is 7. The molecule has 0 fully saturated rings. The molecule has 0 heterocycles. The average Bonchev–Trinajstić information content (AvgIpc) is 2.52. The van der Waals surface area contributed by atoms with E-state index in [2.05, 4.69) is 0 Å². The number of benzene rings is 2. The Morgan fingerprint density at radius 1 is 0.700 bits per heavy atom. The second kappa shape index (κ2) is 7.53. The summed E-state index contributed by atoms with van der Waals surface area (Å²) >= 11 is 0. The average molecular weight is 274 g/mol. The first-order valence-corrected chi connectivity index (χ1v) is 6.47. The molecule has 4 heteroatoms. The van der Waals surface area contributed by atoms with Gasteiger partial charge in [-0.1, -0.05) is 24.3 Å². The molecule has 2 aromatic carbocycles. The summed E-state index contributed by atoms with van der Waals surface area (Å²) in [6.45, 7) is 0.673. The Morgan fingerprint density at radius 3 is 1.80 bits per heavy atom. The van der Waals surface area contributed by atoms with Crippen molar-refractivity contribution in [3.63, 3.8) is 0 Å². The molecule has 0 aliphatic heterocycles. The third kappa shape index (κ3) is 4.26. The highest BCUT2D eigenvalue weighted by molar-refractivity contribution is 5.34. The Morgan fingerprint density at radius 2 is 1.25 bits per heavy atom. The van der Waals surface area contributed by atoms with E-state index >= 15 is 0 Å². The molecule has 4 nitrogen and oxygen atoms in total. The van der Waals surface area contributed by atoms with E-state index in [9.17, 15) is 0 Å². The fourth-order valence-corrected chi connectivity index (χ4v) is 1.83. The van der Waals surface area contributed by atoms with Gasteiger partial charge in [-0.15, -0.1) is 0 Å². The van der Waals surface area contributed by atoms with Crippen LogP contribution in [0.1, 0.15) is 11.1 Å². The lowest BCUT2D eigenvalue weighted by atomic mass is 10.1. The zero-order valence-corrected chi connectivity index (χ0v) is 11.2. The molecule has 2 rings (SSSR count). The van der Waals surface area contributed by atoms with E-state index in [1.807, 2.05) is 30.3 Å². The van der Waals surface area contributed by atoms with Crippen LogP contribution < -0.4 is 9.47 Å². The van der Waals surface area contributed by atoms with Crippen molar-refractivity contribution in [3.05, 3.63) is 59.7 Å². The molecule has 0 bridgehead atoms. The molecule has 0 amide bonds. The molecule has 2 aromatic rings. The highest BCUT2D eigenvalue weighted by Crippen LogP contribution is 2.18. The Kier molecular flexibility index (Phi) is 5.41. The van der Waals surface area contributed by atoms with Crippen LogP contribution in [0.15, 0.2) is 48.5 Å². The number of aliphatic hydroxyl groups is 2. The minimum atomic E-state index is -0.0787. The SMILES string of the molecule is OCc1cc(CO)cc(OCCOc2ccccc2)c1. The summed E-state index contributed by atoms with van der Waals surface area (Å²) < 4.78 is 11.1. The van der Waals surface area contributed by atoms with E-state index in [1.165, 1.54) is 0 Å². The number of ether oxygens (including phenoxy) is 2. The van der Waals surface area contributed by atoms with Gasteiger partial charge in [-0.25, -0.2) is 0 Å². The van der Waals surface area contributed by atoms with Gasteiger partial charge in [0.25, 0.3) is 0 Å². The predicted octanol–water partition coefficient (Wildman–Crippen LogP) is 2.13. The van der Waals surface area contributed by atoms with Gasteiger partial charge in [0.15, 0.2) is 0 Å². The highest BCUT2D eigenvalue weighted by Gasteiger charge is 2.01. The smallest absolute Gasteiger partial charge is 0.122 e. The summed E-state index contributed by atoms with van der Waals surface area (Å²) in [5.41, 5.74) is 1.44. The maximum absolute atomic E-state index is 9.14. The molecule has 0 atom stereocenters. The number of hydrogen-bond acceptors (Lipinski definition) is 4. The van der Waals surface area contributed by atoms with Crippen molar-refractivity contribution in [2.75, 3.05) is 13.2 Å². The molecular weight excluding hydrogens is 256 g/mol. The lowest BCUT2D eigenvalue weighted by Gasteiger charge is -2.10. The number of hydrogen-bond donors (Lipinski definition) is 2. The van der Waals surface area contributed by atoms with Crippen LogP contribution >= 0.6 is 0 Å². The minimum absolute atomic E-state index is 0.0787. The summed E-state index contributed by atoms with van der Waals surface area (Å²) in [5.74, 6) is 1.42. The molecule has 0 radical (unpaired) electrons. The van der Waals surface area contributed by atoms with Gasteiger partial charge in [0.2, 0.25) is 0 Å². The van der Waals surface area contributed by atoms with Crippen molar-refractivity contribution in [2.24, 2.45) is 0 Å². The Balaban J connectivity index is 1.84. The summed E-state index contributed by atoms with van der Waals surface area (Å²) in [6, 6.07) is 14.8. The molecule has 0 saturated heterocycles. The topological polar surface area (TPSA) is 58.9 Å². The van der Waals surface area contributed by atoms with Gasteiger partial charge >= 0.3 is 0 Å². The summed E-state index contributed by atoms with van der Waals surface area (Å²) in [7, 11) is 0. The van der Waals surface area contributed by atoms with Crippen molar-refractivity contribution in [2.45, 2.75) is 13.2 Å². The van der Waals surface area contributed by atoms with E-state index in [0.29, 0.717) is 19.0 Å². The zero-order chi connectivity index (χ0) is 14.2. The number of aliphatic hydroxyl groups excluding tert-OH is 2. The van der Waals surface area contributed by atoms with Gasteiger partial charge in [0, 0.05) is 0 Å². The first-order chi connectivity index (χ1) is 9.81. The zero-order valence-electron chi connectivity index (χ0n) is 11.2. The van der Waals surface area contributed by atoms with Gasteiger partial charge < -0.3 is 19.7 Å². The van der Waals surface area contributed by atoms with Crippen molar-refractivity contribution in [1.82, 2.24) is 0 Å². The van der Waals surface area contributed by atoms with Crippen LogP contribution in [-0.2, 0) is 13.2 Å². The summed E-state index contributed by atoms with van der Waals surface area (Å²) in [6.07, 6.45) is 0. The fourth-order valence-electron chi connectivity index (χ4n) is 1.83. The maximum Gasteiger partial charge on any atom is 0.122 e. The quantitative estimate of drug-likeness (QED) is 0.759. The molecule has 20 heavy (non-hydrogen) atoms. The van der Waals surface area contributed by atoms with Crippen LogP contribution in [0.25, 0.3) is 0 Å². The monoisotopic (exact) mass is 274 g/mol. The molecule has 0 aromatic heterocycles. The van der Waals surface area contributed by atoms with Crippen molar-refractivity contribution >= 4 is 0 Å². The van der Waals surface area contributed by atoms with E-state index in [-0.39, 0.29) is 13.2 Å². The standard InChI is InChI=1S/C16H18O4/c17-11-13-8-14(12-18)10-16(9-13)20-7-6-19-15-4-2-1-3-5-15/h1-5,8-10,17-18H,6-7,11-12H2. The van der Waals surface area contributed by atoms with Crippen LogP contribution in [0.3, 0.4) is 0 Å². The molecule has 0 unspecified atom stereocenters. The summed E-state index contributed by atoms with van der Waals surface area (Å²) in [5, 5.41) is 18.3. The fraction of sp³-hybridized carbons (Fsp3) is 0.250. The second-order valence-electron chi connectivity index (χ2n) is 4.31. The molecule has 2 N–H and O–H groups in total. The van der Waals surface area contributed by atoms with Crippen molar-refractivity contribution in [1.29, 1.82) is 0 Å². The molecule has 0 aliphatic carbocycles. The first-order valence-electron chi connectivity index (χ1n) is 6.47. The molecule has 0 saturated carbocycles. The Bertz CT molecular complexity index is 503. The normalized spacial score (nSPS) is 10.3. The largest absolute Gasteiger partial charge is 0.490 e. The lowest BCUT2D eigenvalue weighted by molar-refractivity contribution is 0.215. The van der Waals surface area contributed by atoms with Crippen molar-refractivity contribution < 1.29 is 19.7 Å². The van der Waals surface area contributed by atoms with Crippen molar-refractivity contribution in [3.8, 4) is 11.5 Å². The van der Waals surface area contributed by atoms with E-state index in [1.54, 1.807) is 18.2 Å². The lowest BCUT2D eigenvalue weighted by Crippen LogP contribution is -2.09. The highest BCUT2D eigenvalue weighted by atomic mass is 16.5. The third-order valence-electron chi connectivity index (χ3n) is 2.76. The molecule has 0 spiro atoms. The third-order valence-corrected chi connectivity index (χ3v) is 2.76. The van der Waals surface area contributed by atoms with Gasteiger partial charge in [0.1, 0.15) is 24.7 Å². The minimum Gasteiger partial charge on any atom is -0.490 e. The van der Waals surface area contributed by atoms with Gasteiger partial charge in [-0.3, -0.25) is 0 Å². The number of para-hydroxylation sites is 1. The van der Waals surface area contributed by atoms with Gasteiger partial charge in [-0.05, 0) is 35.4 Å². The van der Waals surface area contributed by atoms with Crippen LogP contribution in [0.2, 0.25) is 0 Å². The predicted molar refractivity (Wildman–Crippen MR) is 75.7 cm³/mol. The van der Waals surface area contributed by atoms with Crippen LogP contribution in [0, 0.1) is 0 Å². The van der Waals surface area contributed by atoms with Crippen LogP contribution in [-0.4, -0.2) is 23.4 Å². The molecule has 106 valence electrons. The van der Waals surface area contributed by atoms with Gasteiger partial charge in [-0.2, -0.15) is 0 Å². The van der Waals surface area contributed by atoms with Gasteiger partial charge in [0.05, 0.1) is 13.2 Å². The first kappa shape index (κ1) is 14.4. The Hall–Kier alpha value is -2.04. The summed E-state index contributed by atoms with van der Waals surface area (Å²) in [4.78, 5) is 0. The Labute approximate surface area is 118 Å². The van der Waals surface area contributed by atoms with E-state index in [4.69, 9.17) is 19.7 Å². The molecular formula is C16H18O4. The van der Waals surface area contributed by atoms with Crippen LogP contribution in [0.5, 0.6) is 11.5 Å². The van der Waals surface area contributed by atoms with E-state index < -0.39 is 0 Å².